The maximum absolute atomic E-state index is 12.6. The Bertz CT molecular complexity index is 855. The quantitative estimate of drug-likeness (QED) is 0.509. The van der Waals surface area contributed by atoms with E-state index in [2.05, 4.69) is 38.2 Å². The Hall–Kier alpha value is -1.79. The Morgan fingerprint density at radius 3 is 2.64 bits per heavy atom. The molecule has 6 heteroatoms. The highest BCUT2D eigenvalue weighted by Gasteiger charge is 2.28. The van der Waals surface area contributed by atoms with Gasteiger partial charge in [0.15, 0.2) is 0 Å². The molecule has 0 saturated heterocycles. The summed E-state index contributed by atoms with van der Waals surface area (Å²) in [4.78, 5) is 27.4. The minimum absolute atomic E-state index is 0.110. The Balaban J connectivity index is 1.74. The van der Waals surface area contributed by atoms with Gasteiger partial charge in [-0.15, -0.1) is 23.1 Å². The van der Waals surface area contributed by atoms with E-state index in [1.54, 1.807) is 11.8 Å². The number of carbonyl (C=O) groups is 2. The standard InChI is InChI=1S/C22H27NO3S2/c1-13(2)27-16-8-6-15(7-9-16)12-19(24)23-21-20(22(25)26-4)17-10-5-14(3)11-18(17)28-21/h6-9,13-14H,5,10-12H2,1-4H3,(H,23,24). The van der Waals surface area contributed by atoms with Crippen molar-refractivity contribution >= 4 is 40.0 Å². The van der Waals surface area contributed by atoms with Crippen molar-refractivity contribution < 1.29 is 14.3 Å². The molecule has 1 aromatic heterocycles. The SMILES string of the molecule is COC(=O)c1c(NC(=O)Cc2ccc(SC(C)C)cc2)sc2c1CCC(C)C2. The zero-order valence-corrected chi connectivity index (χ0v) is 18.5. The van der Waals surface area contributed by atoms with E-state index in [4.69, 9.17) is 4.74 Å². The van der Waals surface area contributed by atoms with E-state index in [-0.39, 0.29) is 18.3 Å². The smallest absolute Gasteiger partial charge is 0.341 e. The molecule has 1 unspecified atom stereocenters. The number of amides is 1. The van der Waals surface area contributed by atoms with Gasteiger partial charge in [0, 0.05) is 15.0 Å². The molecule has 1 heterocycles. The summed E-state index contributed by atoms with van der Waals surface area (Å²) in [5.41, 5.74) is 2.56. The number of benzene rings is 1. The molecule has 0 spiro atoms. The van der Waals surface area contributed by atoms with Crippen LogP contribution in [0.5, 0.6) is 0 Å². The zero-order chi connectivity index (χ0) is 20.3. The molecular formula is C22H27NO3S2. The molecule has 1 atom stereocenters. The van der Waals surface area contributed by atoms with Crippen LogP contribution in [-0.2, 0) is 28.8 Å². The lowest BCUT2D eigenvalue weighted by Crippen LogP contribution is -2.17. The molecule has 0 radical (unpaired) electrons. The molecule has 1 N–H and O–H groups in total. The van der Waals surface area contributed by atoms with Gasteiger partial charge in [0.1, 0.15) is 5.00 Å². The number of carbonyl (C=O) groups excluding carboxylic acids is 2. The first-order chi connectivity index (χ1) is 13.4. The topological polar surface area (TPSA) is 55.4 Å². The van der Waals surface area contributed by atoms with Crippen LogP contribution in [0, 0.1) is 5.92 Å². The Kier molecular flexibility index (Phi) is 6.83. The van der Waals surface area contributed by atoms with Crippen LogP contribution in [0.25, 0.3) is 0 Å². The number of anilines is 1. The number of methoxy groups -OCH3 is 1. The van der Waals surface area contributed by atoms with Crippen molar-refractivity contribution in [3.63, 3.8) is 0 Å². The molecule has 3 rings (SSSR count). The molecule has 0 fully saturated rings. The van der Waals surface area contributed by atoms with Gasteiger partial charge in [-0.05, 0) is 48.4 Å². The third-order valence-corrected chi connectivity index (χ3v) is 7.00. The highest BCUT2D eigenvalue weighted by Crippen LogP contribution is 2.40. The van der Waals surface area contributed by atoms with E-state index in [9.17, 15) is 9.59 Å². The molecule has 1 aliphatic carbocycles. The fourth-order valence-electron chi connectivity index (χ4n) is 3.47. The van der Waals surface area contributed by atoms with Crippen LogP contribution in [0.15, 0.2) is 29.2 Å². The Morgan fingerprint density at radius 1 is 1.29 bits per heavy atom. The highest BCUT2D eigenvalue weighted by atomic mass is 32.2. The molecule has 0 aliphatic heterocycles. The van der Waals surface area contributed by atoms with E-state index in [0.29, 0.717) is 21.7 Å². The van der Waals surface area contributed by atoms with Gasteiger partial charge in [0.05, 0.1) is 19.1 Å². The second-order valence-electron chi connectivity index (χ2n) is 7.58. The van der Waals surface area contributed by atoms with Gasteiger partial charge in [0.2, 0.25) is 5.91 Å². The molecule has 1 amide bonds. The number of thioether (sulfide) groups is 1. The Morgan fingerprint density at radius 2 is 2.00 bits per heavy atom. The van der Waals surface area contributed by atoms with Gasteiger partial charge in [-0.3, -0.25) is 4.79 Å². The number of hydrogen-bond acceptors (Lipinski definition) is 5. The summed E-state index contributed by atoms with van der Waals surface area (Å²) in [6.45, 7) is 6.54. The molecule has 28 heavy (non-hydrogen) atoms. The summed E-state index contributed by atoms with van der Waals surface area (Å²) in [6.07, 6.45) is 3.16. The molecule has 1 aliphatic rings. The van der Waals surface area contributed by atoms with Crippen LogP contribution in [0.1, 0.15) is 53.6 Å². The van der Waals surface area contributed by atoms with Crippen molar-refractivity contribution in [2.75, 3.05) is 12.4 Å². The molecule has 4 nitrogen and oxygen atoms in total. The number of nitrogens with one attached hydrogen (secondary N) is 1. The average Bonchev–Trinajstić information content (AvgIpc) is 2.98. The summed E-state index contributed by atoms with van der Waals surface area (Å²) >= 11 is 3.32. The number of rotatable bonds is 6. The molecule has 0 saturated carbocycles. The maximum atomic E-state index is 12.6. The van der Waals surface area contributed by atoms with Gasteiger partial charge in [-0.2, -0.15) is 0 Å². The fraction of sp³-hybridized carbons (Fsp3) is 0.455. The van der Waals surface area contributed by atoms with Crippen LogP contribution < -0.4 is 5.32 Å². The average molecular weight is 418 g/mol. The van der Waals surface area contributed by atoms with E-state index in [0.717, 1.165) is 30.4 Å². The minimum Gasteiger partial charge on any atom is -0.465 e. The lowest BCUT2D eigenvalue weighted by Gasteiger charge is -2.18. The van der Waals surface area contributed by atoms with Crippen molar-refractivity contribution in [1.29, 1.82) is 0 Å². The van der Waals surface area contributed by atoms with Crippen LogP contribution in [-0.4, -0.2) is 24.2 Å². The van der Waals surface area contributed by atoms with E-state index < -0.39 is 0 Å². The summed E-state index contributed by atoms with van der Waals surface area (Å²) in [5.74, 6) is 0.126. The summed E-state index contributed by atoms with van der Waals surface area (Å²) < 4.78 is 4.99. The number of thiophene rings is 1. The van der Waals surface area contributed by atoms with Gasteiger partial charge < -0.3 is 10.1 Å². The van der Waals surface area contributed by atoms with E-state index in [1.165, 1.54) is 28.2 Å². The third-order valence-electron chi connectivity index (χ3n) is 4.81. The summed E-state index contributed by atoms with van der Waals surface area (Å²) in [5, 5.41) is 4.12. The van der Waals surface area contributed by atoms with Crippen LogP contribution >= 0.6 is 23.1 Å². The number of hydrogen-bond donors (Lipinski definition) is 1. The first-order valence-corrected chi connectivity index (χ1v) is 11.3. The largest absolute Gasteiger partial charge is 0.465 e. The zero-order valence-electron chi connectivity index (χ0n) is 16.8. The van der Waals surface area contributed by atoms with Gasteiger partial charge >= 0.3 is 5.97 Å². The minimum atomic E-state index is -0.364. The lowest BCUT2D eigenvalue weighted by atomic mass is 9.88. The predicted molar refractivity (Wildman–Crippen MR) is 117 cm³/mol. The second kappa shape index (κ2) is 9.14. The normalized spacial score (nSPS) is 16.0. The van der Waals surface area contributed by atoms with Crippen molar-refractivity contribution in [2.45, 2.75) is 56.6 Å². The maximum Gasteiger partial charge on any atom is 0.341 e. The molecule has 2 aromatic rings. The third kappa shape index (κ3) is 4.97. The summed E-state index contributed by atoms with van der Waals surface area (Å²) in [6, 6.07) is 8.09. The molecule has 1 aromatic carbocycles. The van der Waals surface area contributed by atoms with Crippen molar-refractivity contribution in [3.05, 3.63) is 45.8 Å². The van der Waals surface area contributed by atoms with E-state index >= 15 is 0 Å². The number of fused-ring (bicyclic) bond motifs is 1. The molecule has 150 valence electrons. The molecular weight excluding hydrogens is 390 g/mol. The first kappa shape index (κ1) is 20.9. The first-order valence-electron chi connectivity index (χ1n) is 9.65. The van der Waals surface area contributed by atoms with Gasteiger partial charge in [0.25, 0.3) is 0 Å². The fourth-order valence-corrected chi connectivity index (χ4v) is 5.72. The molecule has 0 bridgehead atoms. The van der Waals surface area contributed by atoms with E-state index in [1.807, 2.05) is 12.1 Å². The summed E-state index contributed by atoms with van der Waals surface area (Å²) in [7, 11) is 1.39. The Labute approximate surface area is 175 Å². The predicted octanol–water partition coefficient (Wildman–Crippen LogP) is 5.34. The van der Waals surface area contributed by atoms with Crippen molar-refractivity contribution in [2.24, 2.45) is 5.92 Å². The van der Waals surface area contributed by atoms with Crippen LogP contribution in [0.3, 0.4) is 0 Å². The van der Waals surface area contributed by atoms with Gasteiger partial charge in [-0.25, -0.2) is 4.79 Å². The number of ether oxygens (including phenoxy) is 1. The number of esters is 1. The lowest BCUT2D eigenvalue weighted by molar-refractivity contribution is -0.115. The second-order valence-corrected chi connectivity index (χ2v) is 10.3. The van der Waals surface area contributed by atoms with Gasteiger partial charge in [-0.1, -0.05) is 32.9 Å². The van der Waals surface area contributed by atoms with Crippen molar-refractivity contribution in [3.8, 4) is 0 Å². The monoisotopic (exact) mass is 417 g/mol. The highest BCUT2D eigenvalue weighted by molar-refractivity contribution is 7.99. The van der Waals surface area contributed by atoms with Crippen molar-refractivity contribution in [1.82, 2.24) is 0 Å². The van der Waals surface area contributed by atoms with Crippen LogP contribution in [0.4, 0.5) is 5.00 Å². The van der Waals surface area contributed by atoms with Crippen LogP contribution in [0.2, 0.25) is 0 Å².